The van der Waals surface area contributed by atoms with Crippen LogP contribution in [0.25, 0.3) is 0 Å². The lowest BCUT2D eigenvalue weighted by Gasteiger charge is -2.27. The first-order chi connectivity index (χ1) is 8.53. The maximum Gasteiger partial charge on any atom is 0.149 e. The molecule has 0 N–H and O–H groups in total. The lowest BCUT2D eigenvalue weighted by molar-refractivity contribution is 0.521. The highest BCUT2D eigenvalue weighted by Crippen LogP contribution is 2.26. The molecule has 0 amide bonds. The van der Waals surface area contributed by atoms with Crippen molar-refractivity contribution in [2.45, 2.75) is 32.5 Å². The fourth-order valence-electron chi connectivity index (χ4n) is 1.88. The van der Waals surface area contributed by atoms with Crippen LogP contribution in [0.3, 0.4) is 0 Å². The second-order valence-electron chi connectivity index (χ2n) is 4.59. The number of anilines is 1. The predicted octanol–water partition coefficient (Wildman–Crippen LogP) is 4.73. The van der Waals surface area contributed by atoms with Crippen LogP contribution >= 0.6 is 15.9 Å². The predicted molar refractivity (Wildman–Crippen MR) is 76.3 cm³/mol. The molecule has 0 aromatic heterocycles. The van der Waals surface area contributed by atoms with Gasteiger partial charge in [0.25, 0.3) is 0 Å². The number of hydrogen-bond donors (Lipinski definition) is 0. The number of hydrogen-bond acceptors (Lipinski definition) is 1. The molecule has 0 aliphatic carbocycles. The summed E-state index contributed by atoms with van der Waals surface area (Å²) in [4.78, 5) is 1.77. The Labute approximate surface area is 116 Å². The lowest BCUT2D eigenvalue weighted by atomic mass is 10.1. The molecule has 0 bridgehead atoms. The first-order valence-corrected chi connectivity index (χ1v) is 7.44. The summed E-state index contributed by atoms with van der Waals surface area (Å²) in [7, 11) is 0. The standard InChI is InChI=1S/C14H20BrF2N/c1-4-10(3)9-18(5-2)14-12(16)6-11(8-15)7-13(14)17/h6-7,10H,4-5,8-9H2,1-3H3. The van der Waals surface area contributed by atoms with Crippen molar-refractivity contribution in [3.8, 4) is 0 Å². The maximum absolute atomic E-state index is 14.0. The smallest absolute Gasteiger partial charge is 0.149 e. The molecule has 102 valence electrons. The molecule has 0 fully saturated rings. The second kappa shape index (κ2) is 7.07. The molecule has 0 heterocycles. The SMILES string of the molecule is CCC(C)CN(CC)c1c(F)cc(CBr)cc1F. The normalized spacial score (nSPS) is 12.6. The van der Waals surface area contributed by atoms with Crippen LogP contribution in [0.2, 0.25) is 0 Å². The van der Waals surface area contributed by atoms with Gasteiger partial charge < -0.3 is 4.90 Å². The zero-order valence-electron chi connectivity index (χ0n) is 11.1. The Balaban J connectivity index is 3.05. The van der Waals surface area contributed by atoms with Crippen molar-refractivity contribution in [2.75, 3.05) is 18.0 Å². The molecule has 1 aromatic carbocycles. The van der Waals surface area contributed by atoms with E-state index in [1.807, 2.05) is 6.92 Å². The van der Waals surface area contributed by atoms with Crippen LogP contribution in [0.15, 0.2) is 12.1 Å². The van der Waals surface area contributed by atoms with Gasteiger partial charge in [-0.25, -0.2) is 8.78 Å². The second-order valence-corrected chi connectivity index (χ2v) is 5.15. The minimum absolute atomic E-state index is 0.0995. The molecule has 1 atom stereocenters. The first kappa shape index (κ1) is 15.4. The number of nitrogens with zero attached hydrogens (tertiary/aromatic N) is 1. The zero-order chi connectivity index (χ0) is 13.7. The number of alkyl halides is 1. The Bertz CT molecular complexity index is 372. The van der Waals surface area contributed by atoms with E-state index in [4.69, 9.17) is 0 Å². The summed E-state index contributed by atoms with van der Waals surface area (Å²) in [6.07, 6.45) is 0.999. The van der Waals surface area contributed by atoms with Crippen molar-refractivity contribution in [1.29, 1.82) is 0 Å². The summed E-state index contributed by atoms with van der Waals surface area (Å²) in [5.74, 6) is -0.538. The highest BCUT2D eigenvalue weighted by atomic mass is 79.9. The van der Waals surface area contributed by atoms with Crippen LogP contribution in [-0.4, -0.2) is 13.1 Å². The van der Waals surface area contributed by atoms with E-state index in [0.29, 0.717) is 29.9 Å². The molecule has 0 spiro atoms. The van der Waals surface area contributed by atoms with Gasteiger partial charge in [0.05, 0.1) is 0 Å². The van der Waals surface area contributed by atoms with Crippen molar-refractivity contribution in [1.82, 2.24) is 0 Å². The Morgan fingerprint density at radius 2 is 1.78 bits per heavy atom. The van der Waals surface area contributed by atoms with Gasteiger partial charge >= 0.3 is 0 Å². The highest BCUT2D eigenvalue weighted by Gasteiger charge is 2.18. The maximum atomic E-state index is 14.0. The number of benzene rings is 1. The average Bonchev–Trinajstić information content (AvgIpc) is 2.35. The van der Waals surface area contributed by atoms with Gasteiger partial charge in [-0.3, -0.25) is 0 Å². The van der Waals surface area contributed by atoms with Gasteiger partial charge in [-0.1, -0.05) is 36.2 Å². The van der Waals surface area contributed by atoms with E-state index in [9.17, 15) is 8.78 Å². The van der Waals surface area contributed by atoms with Crippen LogP contribution < -0.4 is 4.90 Å². The number of rotatable bonds is 6. The molecule has 0 radical (unpaired) electrons. The van der Waals surface area contributed by atoms with Gasteiger partial charge in [0.15, 0.2) is 0 Å². The summed E-state index contributed by atoms with van der Waals surface area (Å²) in [5, 5.41) is 0.457. The molecule has 0 saturated carbocycles. The molecule has 1 nitrogen and oxygen atoms in total. The van der Waals surface area contributed by atoms with Crippen LogP contribution in [-0.2, 0) is 5.33 Å². The minimum Gasteiger partial charge on any atom is -0.367 e. The van der Waals surface area contributed by atoms with Gasteiger partial charge in [0.1, 0.15) is 17.3 Å². The Morgan fingerprint density at radius 1 is 1.22 bits per heavy atom. The topological polar surface area (TPSA) is 3.24 Å². The Morgan fingerprint density at radius 3 is 2.17 bits per heavy atom. The molecule has 1 unspecified atom stereocenters. The molecule has 4 heteroatoms. The molecular weight excluding hydrogens is 300 g/mol. The van der Waals surface area contributed by atoms with Crippen LogP contribution in [0.5, 0.6) is 0 Å². The summed E-state index contributed by atoms with van der Waals surface area (Å²) in [6, 6.07) is 2.79. The summed E-state index contributed by atoms with van der Waals surface area (Å²) < 4.78 is 28.0. The highest BCUT2D eigenvalue weighted by molar-refractivity contribution is 9.08. The lowest BCUT2D eigenvalue weighted by Crippen LogP contribution is -2.29. The van der Waals surface area contributed by atoms with Crippen LogP contribution in [0, 0.1) is 17.6 Å². The van der Waals surface area contributed by atoms with E-state index in [0.717, 1.165) is 6.42 Å². The fourth-order valence-corrected chi connectivity index (χ4v) is 2.20. The fraction of sp³-hybridized carbons (Fsp3) is 0.571. The van der Waals surface area contributed by atoms with Crippen molar-refractivity contribution in [3.05, 3.63) is 29.3 Å². The molecule has 0 aliphatic rings. The van der Waals surface area contributed by atoms with Gasteiger partial charge in [-0.05, 0) is 30.5 Å². The molecule has 0 aliphatic heterocycles. The third-order valence-electron chi connectivity index (χ3n) is 3.16. The average molecular weight is 320 g/mol. The molecule has 18 heavy (non-hydrogen) atoms. The molecule has 1 rings (SSSR count). The summed E-state index contributed by atoms with van der Waals surface area (Å²) in [5.41, 5.74) is 0.718. The first-order valence-electron chi connectivity index (χ1n) is 6.32. The van der Waals surface area contributed by atoms with E-state index >= 15 is 0 Å². The Kier molecular flexibility index (Phi) is 6.06. The molecule has 1 aromatic rings. The van der Waals surface area contributed by atoms with Crippen LogP contribution in [0.4, 0.5) is 14.5 Å². The third-order valence-corrected chi connectivity index (χ3v) is 3.81. The van der Waals surface area contributed by atoms with Crippen molar-refractivity contribution < 1.29 is 8.78 Å². The molecule has 0 saturated heterocycles. The summed E-state index contributed by atoms with van der Waals surface area (Å²) >= 11 is 3.21. The zero-order valence-corrected chi connectivity index (χ0v) is 12.7. The van der Waals surface area contributed by atoms with E-state index in [-0.39, 0.29) is 5.69 Å². The quantitative estimate of drug-likeness (QED) is 0.685. The van der Waals surface area contributed by atoms with E-state index in [1.165, 1.54) is 12.1 Å². The van der Waals surface area contributed by atoms with E-state index in [2.05, 4.69) is 29.8 Å². The minimum atomic E-state index is -0.477. The Hall–Kier alpha value is -0.640. The van der Waals surface area contributed by atoms with Gasteiger partial charge in [-0.15, -0.1) is 0 Å². The van der Waals surface area contributed by atoms with Gasteiger partial charge in [-0.2, -0.15) is 0 Å². The van der Waals surface area contributed by atoms with E-state index in [1.54, 1.807) is 4.90 Å². The van der Waals surface area contributed by atoms with Gasteiger partial charge in [0.2, 0.25) is 0 Å². The summed E-state index contributed by atoms with van der Waals surface area (Å²) in [6.45, 7) is 7.37. The van der Waals surface area contributed by atoms with E-state index < -0.39 is 11.6 Å². The van der Waals surface area contributed by atoms with Crippen LogP contribution in [0.1, 0.15) is 32.8 Å². The molecular formula is C14H20BrF2N. The van der Waals surface area contributed by atoms with Gasteiger partial charge in [0, 0.05) is 18.4 Å². The van der Waals surface area contributed by atoms with Crippen molar-refractivity contribution >= 4 is 21.6 Å². The van der Waals surface area contributed by atoms with Crippen molar-refractivity contribution in [3.63, 3.8) is 0 Å². The number of halogens is 3. The van der Waals surface area contributed by atoms with Crippen molar-refractivity contribution in [2.24, 2.45) is 5.92 Å². The monoisotopic (exact) mass is 319 g/mol. The third kappa shape index (κ3) is 3.67. The largest absolute Gasteiger partial charge is 0.367 e.